The Hall–Kier alpha value is -1.66. The fourth-order valence-electron chi connectivity index (χ4n) is 3.45. The second kappa shape index (κ2) is 6.62. The molecule has 1 saturated heterocycles. The lowest BCUT2D eigenvalue weighted by molar-refractivity contribution is -0.385. The predicted molar refractivity (Wildman–Crippen MR) is 81.7 cm³/mol. The highest BCUT2D eigenvalue weighted by Gasteiger charge is 2.26. The van der Waals surface area contributed by atoms with Crippen LogP contribution in [0, 0.1) is 10.1 Å². The zero-order valence-electron chi connectivity index (χ0n) is 12.9. The van der Waals surface area contributed by atoms with Gasteiger partial charge in [-0.15, -0.1) is 0 Å². The molecule has 0 bridgehead atoms. The molecule has 120 valence electrons. The maximum absolute atomic E-state index is 11.2. The van der Waals surface area contributed by atoms with Crippen LogP contribution in [-0.2, 0) is 17.9 Å². The minimum atomic E-state index is -0.341. The first-order valence-electron chi connectivity index (χ1n) is 7.93. The fourth-order valence-corrected chi connectivity index (χ4v) is 3.45. The fraction of sp³-hybridized carbons (Fsp3) is 0.625. The molecule has 0 aromatic heterocycles. The minimum Gasteiger partial charge on any atom is -0.467 e. The van der Waals surface area contributed by atoms with Gasteiger partial charge in [-0.05, 0) is 25.8 Å². The lowest BCUT2D eigenvalue weighted by Gasteiger charge is -2.35. The topological polar surface area (TPSA) is 64.8 Å². The summed E-state index contributed by atoms with van der Waals surface area (Å²) in [4.78, 5) is 13.3. The SMILES string of the molecule is CC[C@@H]1CCCCN1Cc1cc([N+](=O)[O-])cc2c1OCOC2. The summed E-state index contributed by atoms with van der Waals surface area (Å²) in [5.74, 6) is 0.775. The molecular weight excluding hydrogens is 284 g/mol. The molecule has 0 unspecified atom stereocenters. The number of rotatable bonds is 4. The molecule has 1 aromatic rings. The summed E-state index contributed by atoms with van der Waals surface area (Å²) in [6.07, 6.45) is 4.78. The molecule has 1 aromatic carbocycles. The molecule has 0 saturated carbocycles. The molecule has 0 N–H and O–H groups in total. The monoisotopic (exact) mass is 306 g/mol. The molecule has 0 aliphatic carbocycles. The number of ether oxygens (including phenoxy) is 2. The molecule has 0 spiro atoms. The van der Waals surface area contributed by atoms with E-state index in [0.717, 1.165) is 29.8 Å². The van der Waals surface area contributed by atoms with Crippen LogP contribution in [0.2, 0.25) is 0 Å². The van der Waals surface area contributed by atoms with Gasteiger partial charge >= 0.3 is 0 Å². The van der Waals surface area contributed by atoms with Crippen LogP contribution in [0.3, 0.4) is 0 Å². The number of non-ortho nitro benzene ring substituents is 1. The van der Waals surface area contributed by atoms with Crippen molar-refractivity contribution < 1.29 is 14.4 Å². The maximum atomic E-state index is 11.2. The van der Waals surface area contributed by atoms with Gasteiger partial charge in [-0.2, -0.15) is 0 Å². The number of nitrogens with zero attached hydrogens (tertiary/aromatic N) is 2. The molecule has 1 atom stereocenters. The first-order chi connectivity index (χ1) is 10.7. The normalized spacial score (nSPS) is 22.0. The van der Waals surface area contributed by atoms with Crippen LogP contribution < -0.4 is 4.74 Å². The number of likely N-dealkylation sites (tertiary alicyclic amines) is 1. The van der Waals surface area contributed by atoms with Crippen LogP contribution in [0.1, 0.15) is 43.7 Å². The number of hydrogen-bond acceptors (Lipinski definition) is 5. The largest absolute Gasteiger partial charge is 0.467 e. The van der Waals surface area contributed by atoms with E-state index in [1.165, 1.54) is 19.3 Å². The van der Waals surface area contributed by atoms with Gasteiger partial charge in [0.05, 0.1) is 11.5 Å². The first-order valence-corrected chi connectivity index (χ1v) is 7.93. The Morgan fingerprint density at radius 1 is 1.41 bits per heavy atom. The summed E-state index contributed by atoms with van der Waals surface area (Å²) < 4.78 is 10.9. The summed E-state index contributed by atoms with van der Waals surface area (Å²) in [6, 6.07) is 3.78. The van der Waals surface area contributed by atoms with Gasteiger partial charge in [-0.1, -0.05) is 13.3 Å². The van der Waals surface area contributed by atoms with E-state index in [1.54, 1.807) is 12.1 Å². The summed E-state index contributed by atoms with van der Waals surface area (Å²) in [5.41, 5.74) is 1.81. The zero-order valence-corrected chi connectivity index (χ0v) is 12.9. The number of fused-ring (bicyclic) bond motifs is 1. The smallest absolute Gasteiger partial charge is 0.270 e. The van der Waals surface area contributed by atoms with Gasteiger partial charge in [-0.3, -0.25) is 15.0 Å². The lowest BCUT2D eigenvalue weighted by Crippen LogP contribution is -2.38. The Morgan fingerprint density at radius 2 is 2.27 bits per heavy atom. The quantitative estimate of drug-likeness (QED) is 0.631. The van der Waals surface area contributed by atoms with Crippen molar-refractivity contribution in [1.82, 2.24) is 4.90 Å². The van der Waals surface area contributed by atoms with E-state index in [9.17, 15) is 10.1 Å². The number of nitro benzene ring substituents is 1. The van der Waals surface area contributed by atoms with Crippen LogP contribution >= 0.6 is 0 Å². The number of benzene rings is 1. The van der Waals surface area contributed by atoms with E-state index in [2.05, 4.69) is 11.8 Å². The maximum Gasteiger partial charge on any atom is 0.270 e. The average molecular weight is 306 g/mol. The van der Waals surface area contributed by atoms with Crippen molar-refractivity contribution >= 4 is 5.69 Å². The van der Waals surface area contributed by atoms with Gasteiger partial charge in [0.25, 0.3) is 5.69 Å². The van der Waals surface area contributed by atoms with Crippen molar-refractivity contribution in [3.63, 3.8) is 0 Å². The van der Waals surface area contributed by atoms with Crippen LogP contribution in [0.15, 0.2) is 12.1 Å². The van der Waals surface area contributed by atoms with Gasteiger partial charge in [0.15, 0.2) is 6.79 Å². The van der Waals surface area contributed by atoms with Crippen LogP contribution in [0.25, 0.3) is 0 Å². The van der Waals surface area contributed by atoms with E-state index in [1.807, 2.05) is 0 Å². The van der Waals surface area contributed by atoms with Gasteiger partial charge in [-0.25, -0.2) is 0 Å². The van der Waals surface area contributed by atoms with Crippen LogP contribution in [-0.4, -0.2) is 29.2 Å². The second-order valence-electron chi connectivity index (χ2n) is 5.99. The molecule has 1 fully saturated rings. The Balaban J connectivity index is 1.91. The van der Waals surface area contributed by atoms with E-state index in [0.29, 0.717) is 19.2 Å². The van der Waals surface area contributed by atoms with Crippen LogP contribution in [0.4, 0.5) is 5.69 Å². The standard InChI is InChI=1S/C16H22N2O4/c1-2-14-5-3-4-6-17(14)9-12-7-15(18(19)20)8-13-10-21-11-22-16(12)13/h7-8,14H,2-6,9-11H2,1H3/t14-/m1/s1. The second-order valence-corrected chi connectivity index (χ2v) is 5.99. The summed E-state index contributed by atoms with van der Waals surface area (Å²) in [5, 5.41) is 11.2. The molecule has 0 amide bonds. The average Bonchev–Trinajstić information content (AvgIpc) is 2.55. The highest BCUT2D eigenvalue weighted by molar-refractivity contribution is 5.50. The summed E-state index contributed by atoms with van der Waals surface area (Å²) in [7, 11) is 0. The van der Waals surface area contributed by atoms with E-state index in [-0.39, 0.29) is 17.4 Å². The van der Waals surface area contributed by atoms with E-state index < -0.39 is 0 Å². The van der Waals surface area contributed by atoms with Crippen LogP contribution in [0.5, 0.6) is 5.75 Å². The zero-order chi connectivity index (χ0) is 15.5. The summed E-state index contributed by atoms with van der Waals surface area (Å²) >= 11 is 0. The van der Waals surface area contributed by atoms with E-state index in [4.69, 9.17) is 9.47 Å². The Labute approximate surface area is 130 Å². The minimum absolute atomic E-state index is 0.118. The van der Waals surface area contributed by atoms with Gasteiger partial charge in [0, 0.05) is 35.8 Å². The Kier molecular flexibility index (Phi) is 4.59. The first kappa shape index (κ1) is 15.2. The molecular formula is C16H22N2O4. The third-order valence-electron chi connectivity index (χ3n) is 4.58. The van der Waals surface area contributed by atoms with Gasteiger partial charge < -0.3 is 9.47 Å². The molecule has 0 radical (unpaired) electrons. The number of nitro groups is 1. The molecule has 2 aliphatic heterocycles. The highest BCUT2D eigenvalue weighted by Crippen LogP contribution is 2.34. The van der Waals surface area contributed by atoms with E-state index >= 15 is 0 Å². The van der Waals surface area contributed by atoms with Crippen molar-refractivity contribution in [3.8, 4) is 5.75 Å². The Bertz CT molecular complexity index is 561. The van der Waals surface area contributed by atoms with Crippen molar-refractivity contribution in [2.24, 2.45) is 0 Å². The number of hydrogen-bond donors (Lipinski definition) is 0. The molecule has 22 heavy (non-hydrogen) atoms. The van der Waals surface area contributed by atoms with Crippen molar-refractivity contribution in [2.45, 2.75) is 51.8 Å². The molecule has 6 nitrogen and oxygen atoms in total. The lowest BCUT2D eigenvalue weighted by atomic mass is 9.98. The van der Waals surface area contributed by atoms with Crippen molar-refractivity contribution in [1.29, 1.82) is 0 Å². The number of piperidine rings is 1. The highest BCUT2D eigenvalue weighted by atomic mass is 16.7. The predicted octanol–water partition coefficient (Wildman–Crippen LogP) is 3.23. The summed E-state index contributed by atoms with van der Waals surface area (Å²) in [6.45, 7) is 4.56. The molecule has 6 heteroatoms. The van der Waals surface area contributed by atoms with Gasteiger partial charge in [0.2, 0.25) is 0 Å². The molecule has 2 heterocycles. The van der Waals surface area contributed by atoms with Gasteiger partial charge in [0.1, 0.15) is 5.75 Å². The third-order valence-corrected chi connectivity index (χ3v) is 4.58. The van der Waals surface area contributed by atoms with Crippen molar-refractivity contribution in [3.05, 3.63) is 33.4 Å². The molecule has 2 aliphatic rings. The molecule has 3 rings (SSSR count). The van der Waals surface area contributed by atoms with Crippen molar-refractivity contribution in [2.75, 3.05) is 13.3 Å². The Morgan fingerprint density at radius 3 is 3.05 bits per heavy atom. The third kappa shape index (κ3) is 3.08.